The molecule has 0 saturated heterocycles. The number of unbranched alkanes of at least 4 members (excludes halogenated alkanes) is 1. The van der Waals surface area contributed by atoms with Crippen LogP contribution in [0.5, 0.6) is 0 Å². The molecule has 12 heavy (non-hydrogen) atoms. The number of hydrogen-bond acceptors (Lipinski definition) is 2. The summed E-state index contributed by atoms with van der Waals surface area (Å²) in [5.41, 5.74) is 0. The van der Waals surface area contributed by atoms with Gasteiger partial charge in [-0.15, -0.1) is 0 Å². The predicted octanol–water partition coefficient (Wildman–Crippen LogP) is 3.19. The second-order valence-electron chi connectivity index (χ2n) is 2.94. The maximum atomic E-state index is 5.16. The summed E-state index contributed by atoms with van der Waals surface area (Å²) in [5, 5.41) is 3.28. The maximum absolute atomic E-state index is 5.16. The van der Waals surface area contributed by atoms with Gasteiger partial charge in [0.05, 0.1) is 0 Å². The van der Waals surface area contributed by atoms with E-state index in [1.165, 1.54) is 12.8 Å². The highest BCUT2D eigenvalue weighted by Crippen LogP contribution is 2.06. The fourth-order valence-corrected chi connectivity index (χ4v) is 2.01. The largest absolute Gasteiger partial charge is 0.369 e. The zero-order valence-corrected chi connectivity index (χ0v) is 9.86. The lowest BCUT2D eigenvalue weighted by Crippen LogP contribution is -2.28. The molecule has 0 rings (SSSR count). The zero-order chi connectivity index (χ0) is 9.40. The quantitative estimate of drug-likeness (QED) is 0.547. The number of nitrogens with one attached hydrogen (secondary N) is 1. The minimum absolute atomic E-state index is 0.520. The number of hydrogen-bond donors (Lipinski definition) is 1. The smallest absolute Gasteiger partial charge is 0.133 e. The van der Waals surface area contributed by atoms with E-state index >= 15 is 0 Å². The standard InChI is InChI=1S/C9H19NS2/c1-4-6-7-12-9(11)10-8(3)5-2/h8H,4-7H2,1-3H3,(H,10,11). The Morgan fingerprint density at radius 2 is 2.17 bits per heavy atom. The van der Waals surface area contributed by atoms with E-state index in [9.17, 15) is 0 Å². The minimum Gasteiger partial charge on any atom is -0.369 e. The van der Waals surface area contributed by atoms with Crippen molar-refractivity contribution in [2.75, 3.05) is 5.75 Å². The minimum atomic E-state index is 0.520. The highest BCUT2D eigenvalue weighted by Gasteiger charge is 2.00. The predicted molar refractivity (Wildman–Crippen MR) is 62.9 cm³/mol. The molecule has 1 unspecified atom stereocenters. The lowest BCUT2D eigenvalue weighted by molar-refractivity contribution is 0.651. The Labute approximate surface area is 85.7 Å². The van der Waals surface area contributed by atoms with E-state index in [1.54, 1.807) is 11.8 Å². The lowest BCUT2D eigenvalue weighted by atomic mass is 10.3. The molecule has 0 heterocycles. The summed E-state index contributed by atoms with van der Waals surface area (Å²) in [6, 6.07) is 0.520. The van der Waals surface area contributed by atoms with E-state index in [4.69, 9.17) is 12.2 Å². The Bertz CT molecular complexity index is 126. The third kappa shape index (κ3) is 6.92. The second-order valence-corrected chi connectivity index (χ2v) is 4.71. The summed E-state index contributed by atoms with van der Waals surface area (Å²) in [4.78, 5) is 0. The van der Waals surface area contributed by atoms with Crippen molar-refractivity contribution in [1.82, 2.24) is 5.32 Å². The van der Waals surface area contributed by atoms with Gasteiger partial charge in [0, 0.05) is 11.8 Å². The third-order valence-corrected chi connectivity index (χ3v) is 3.05. The van der Waals surface area contributed by atoms with Crippen molar-refractivity contribution in [3.05, 3.63) is 0 Å². The van der Waals surface area contributed by atoms with Crippen LogP contribution in [0.2, 0.25) is 0 Å². The van der Waals surface area contributed by atoms with Crippen molar-refractivity contribution in [2.45, 2.75) is 46.1 Å². The molecular weight excluding hydrogens is 186 g/mol. The third-order valence-electron chi connectivity index (χ3n) is 1.71. The van der Waals surface area contributed by atoms with Gasteiger partial charge in [-0.3, -0.25) is 0 Å². The molecular formula is C9H19NS2. The van der Waals surface area contributed by atoms with Crippen LogP contribution in [0.3, 0.4) is 0 Å². The molecule has 0 aliphatic heterocycles. The highest BCUT2D eigenvalue weighted by molar-refractivity contribution is 8.22. The van der Waals surface area contributed by atoms with E-state index < -0.39 is 0 Å². The molecule has 0 bridgehead atoms. The fraction of sp³-hybridized carbons (Fsp3) is 0.889. The van der Waals surface area contributed by atoms with Gasteiger partial charge in [-0.1, -0.05) is 44.2 Å². The molecule has 0 aromatic carbocycles. The molecule has 0 fully saturated rings. The van der Waals surface area contributed by atoms with Crippen LogP contribution in [0.25, 0.3) is 0 Å². The van der Waals surface area contributed by atoms with Crippen LogP contribution in [0.1, 0.15) is 40.0 Å². The van der Waals surface area contributed by atoms with Gasteiger partial charge in [0.25, 0.3) is 0 Å². The molecule has 1 nitrogen and oxygen atoms in total. The average molecular weight is 205 g/mol. The molecule has 3 heteroatoms. The van der Waals surface area contributed by atoms with E-state index in [2.05, 4.69) is 26.1 Å². The second kappa shape index (κ2) is 7.87. The van der Waals surface area contributed by atoms with Gasteiger partial charge in [-0.25, -0.2) is 0 Å². The van der Waals surface area contributed by atoms with Gasteiger partial charge < -0.3 is 5.32 Å². The maximum Gasteiger partial charge on any atom is 0.133 e. The van der Waals surface area contributed by atoms with E-state index in [1.807, 2.05) is 0 Å². The average Bonchev–Trinajstić information content (AvgIpc) is 2.05. The van der Waals surface area contributed by atoms with Crippen LogP contribution in [-0.2, 0) is 0 Å². The topological polar surface area (TPSA) is 12.0 Å². The SMILES string of the molecule is CCCCSC(=S)NC(C)CC. The lowest BCUT2D eigenvalue weighted by Gasteiger charge is -2.12. The van der Waals surface area contributed by atoms with Gasteiger partial charge in [-0.05, 0) is 19.8 Å². The van der Waals surface area contributed by atoms with Gasteiger partial charge in [0.2, 0.25) is 0 Å². The van der Waals surface area contributed by atoms with E-state index in [0.29, 0.717) is 6.04 Å². The van der Waals surface area contributed by atoms with Crippen molar-refractivity contribution in [2.24, 2.45) is 0 Å². The first-order valence-corrected chi connectivity index (χ1v) is 6.03. The monoisotopic (exact) mass is 205 g/mol. The Kier molecular flexibility index (Phi) is 8.02. The number of thiocarbonyl (C=S) groups is 1. The summed E-state index contributed by atoms with van der Waals surface area (Å²) in [6.45, 7) is 6.52. The van der Waals surface area contributed by atoms with Crippen molar-refractivity contribution in [3.63, 3.8) is 0 Å². The fourth-order valence-electron chi connectivity index (χ4n) is 0.654. The molecule has 0 radical (unpaired) electrons. The normalized spacial score (nSPS) is 12.6. The zero-order valence-electron chi connectivity index (χ0n) is 8.22. The Morgan fingerprint density at radius 3 is 2.67 bits per heavy atom. The molecule has 0 aliphatic carbocycles. The van der Waals surface area contributed by atoms with Crippen molar-refractivity contribution < 1.29 is 0 Å². The van der Waals surface area contributed by atoms with Crippen LogP contribution in [-0.4, -0.2) is 16.1 Å². The molecule has 0 amide bonds. The van der Waals surface area contributed by atoms with Crippen LogP contribution >= 0.6 is 24.0 Å². The highest BCUT2D eigenvalue weighted by atomic mass is 32.2. The van der Waals surface area contributed by atoms with Gasteiger partial charge >= 0.3 is 0 Å². The van der Waals surface area contributed by atoms with Crippen molar-refractivity contribution >= 4 is 28.3 Å². The molecule has 0 aromatic rings. The summed E-state index contributed by atoms with van der Waals surface area (Å²) in [6.07, 6.45) is 3.64. The van der Waals surface area contributed by atoms with E-state index in [-0.39, 0.29) is 0 Å². The Morgan fingerprint density at radius 1 is 1.50 bits per heavy atom. The first-order valence-electron chi connectivity index (χ1n) is 4.64. The van der Waals surface area contributed by atoms with Crippen molar-refractivity contribution in [1.29, 1.82) is 0 Å². The number of thioether (sulfide) groups is 1. The van der Waals surface area contributed by atoms with Crippen molar-refractivity contribution in [3.8, 4) is 0 Å². The molecule has 0 aromatic heterocycles. The first-order chi connectivity index (χ1) is 5.70. The van der Waals surface area contributed by atoms with Crippen LogP contribution in [0.15, 0.2) is 0 Å². The summed E-state index contributed by atoms with van der Waals surface area (Å²) in [5.74, 6) is 1.15. The summed E-state index contributed by atoms with van der Waals surface area (Å²) >= 11 is 6.93. The van der Waals surface area contributed by atoms with Gasteiger partial charge in [-0.2, -0.15) is 0 Å². The summed E-state index contributed by atoms with van der Waals surface area (Å²) in [7, 11) is 0. The summed E-state index contributed by atoms with van der Waals surface area (Å²) < 4.78 is 0.956. The molecule has 0 aliphatic rings. The first kappa shape index (κ1) is 12.2. The molecule has 0 spiro atoms. The Hall–Kier alpha value is 0.240. The molecule has 1 atom stereocenters. The van der Waals surface area contributed by atoms with E-state index in [0.717, 1.165) is 16.5 Å². The number of rotatable bonds is 5. The van der Waals surface area contributed by atoms with Crippen LogP contribution in [0, 0.1) is 0 Å². The molecule has 72 valence electrons. The van der Waals surface area contributed by atoms with Gasteiger partial charge in [0.15, 0.2) is 0 Å². The van der Waals surface area contributed by atoms with Crippen LogP contribution < -0.4 is 5.32 Å². The molecule has 0 saturated carbocycles. The molecule has 1 N–H and O–H groups in total. The van der Waals surface area contributed by atoms with Crippen LogP contribution in [0.4, 0.5) is 0 Å². The Balaban J connectivity index is 3.33. The van der Waals surface area contributed by atoms with Gasteiger partial charge in [0.1, 0.15) is 4.32 Å².